The Morgan fingerprint density at radius 1 is 0.921 bits per heavy atom. The minimum absolute atomic E-state index is 0.208. The number of rotatable bonds is 6. The van der Waals surface area contributed by atoms with Gasteiger partial charge in [0.25, 0.3) is 0 Å². The zero-order chi connectivity index (χ0) is 25.6. The summed E-state index contributed by atoms with van der Waals surface area (Å²) in [5.74, 6) is 0.731. The van der Waals surface area contributed by atoms with Crippen LogP contribution in [0.25, 0.3) is 54.8 Å². The van der Waals surface area contributed by atoms with Crippen molar-refractivity contribution < 1.29 is 4.39 Å². The van der Waals surface area contributed by atoms with Crippen LogP contribution in [0.15, 0.2) is 67.3 Å². The molecule has 0 spiro atoms. The van der Waals surface area contributed by atoms with Crippen molar-refractivity contribution in [3.8, 4) is 33.0 Å². The van der Waals surface area contributed by atoms with E-state index in [2.05, 4.69) is 67.7 Å². The van der Waals surface area contributed by atoms with Crippen molar-refractivity contribution in [2.75, 3.05) is 5.32 Å². The summed E-state index contributed by atoms with van der Waals surface area (Å²) in [6.45, 7) is 2.28. The van der Waals surface area contributed by atoms with Crippen molar-refractivity contribution >= 4 is 38.8 Å². The van der Waals surface area contributed by atoms with Crippen LogP contribution in [0.1, 0.15) is 32.6 Å². The van der Waals surface area contributed by atoms with Crippen LogP contribution in [0, 0.1) is 11.0 Å². The quantitative estimate of drug-likeness (QED) is 0.207. The van der Waals surface area contributed by atoms with Crippen LogP contribution in [0.2, 0.25) is 0 Å². The number of anilines is 1. The Hall–Kier alpha value is -4.04. The number of halogens is 1. The molecule has 6 nitrogen and oxygen atoms in total. The van der Waals surface area contributed by atoms with Crippen LogP contribution >= 0.6 is 11.3 Å². The van der Waals surface area contributed by atoms with E-state index in [1.54, 1.807) is 18.5 Å². The molecule has 1 saturated carbocycles. The number of aromatic amines is 2. The van der Waals surface area contributed by atoms with Crippen molar-refractivity contribution in [3.63, 3.8) is 0 Å². The monoisotopic (exact) mass is 522 g/mol. The number of pyridine rings is 2. The predicted octanol–water partition coefficient (Wildman–Crippen LogP) is 8.03. The third-order valence-electron chi connectivity index (χ3n) is 7.78. The predicted molar refractivity (Wildman–Crippen MR) is 153 cm³/mol. The molecule has 0 amide bonds. The minimum Gasteiger partial charge on any atom is -0.381 e. The Kier molecular flexibility index (Phi) is 5.69. The van der Waals surface area contributed by atoms with E-state index in [1.807, 2.05) is 12.4 Å². The minimum atomic E-state index is -0.208. The van der Waals surface area contributed by atoms with E-state index in [-0.39, 0.29) is 5.13 Å². The van der Waals surface area contributed by atoms with Gasteiger partial charge in [-0.05, 0) is 67.6 Å². The van der Waals surface area contributed by atoms with Crippen LogP contribution in [-0.2, 0) is 0 Å². The van der Waals surface area contributed by atoms with Gasteiger partial charge in [0.1, 0.15) is 5.69 Å². The Balaban J connectivity index is 1.24. The number of fused-ring (bicyclic) bond motifs is 2. The smallest absolute Gasteiger partial charge is 0.176 e. The molecule has 1 aliphatic carbocycles. The van der Waals surface area contributed by atoms with Gasteiger partial charge in [0.2, 0.25) is 0 Å². The topological polar surface area (TPSA) is 82.3 Å². The molecular formula is C30H27FN6S. The van der Waals surface area contributed by atoms with Crippen molar-refractivity contribution in [3.05, 3.63) is 72.4 Å². The van der Waals surface area contributed by atoms with E-state index in [1.165, 1.54) is 31.7 Å². The first-order valence-electron chi connectivity index (χ1n) is 13.1. The average Bonchev–Trinajstić information content (AvgIpc) is 3.74. The Morgan fingerprint density at radius 3 is 2.63 bits per heavy atom. The molecule has 38 heavy (non-hydrogen) atoms. The molecule has 7 rings (SSSR count). The second kappa shape index (κ2) is 9.36. The standard InChI is InChI=1S/C30H27FN6S/c1-17(18-4-2-3-5-18)34-21-10-20(13-32-14-21)19-6-7-25-23(11-19)30(37-36-25)26-12-22-24(15-33-16-27(22)35-26)28-8-9-29(31)38-28/h6-18,34-35H,2-5H2,1H3,(H,36,37). The molecule has 1 aromatic carbocycles. The SMILES string of the molecule is CC(Nc1cncc(-c2ccc3[nH]nc(-c4cc5c(-c6ccc(F)s6)cncc5[nH]4)c3c2)c1)C1CCCC1. The third-order valence-corrected chi connectivity index (χ3v) is 8.68. The van der Waals surface area contributed by atoms with Gasteiger partial charge in [-0.3, -0.25) is 15.1 Å². The molecule has 6 aromatic rings. The van der Waals surface area contributed by atoms with Crippen LogP contribution < -0.4 is 5.32 Å². The first-order valence-corrected chi connectivity index (χ1v) is 13.9. The van der Waals surface area contributed by atoms with Crippen LogP contribution in [0.3, 0.4) is 0 Å². The lowest BCUT2D eigenvalue weighted by molar-refractivity contribution is 0.482. The fraction of sp³-hybridized carbons (Fsp3) is 0.233. The number of aromatic nitrogens is 5. The Bertz CT molecular complexity index is 1760. The number of nitrogens with zero attached hydrogens (tertiary/aromatic N) is 3. The van der Waals surface area contributed by atoms with E-state index >= 15 is 0 Å². The zero-order valence-electron chi connectivity index (χ0n) is 21.0. The molecule has 3 N–H and O–H groups in total. The summed E-state index contributed by atoms with van der Waals surface area (Å²) in [5.41, 5.74) is 7.66. The number of thiophene rings is 1. The van der Waals surface area contributed by atoms with Gasteiger partial charge in [-0.15, -0.1) is 11.3 Å². The highest BCUT2D eigenvalue weighted by atomic mass is 32.1. The summed E-state index contributed by atoms with van der Waals surface area (Å²) >= 11 is 1.12. The number of benzene rings is 1. The second-order valence-electron chi connectivity index (χ2n) is 10.2. The zero-order valence-corrected chi connectivity index (χ0v) is 21.8. The molecule has 1 unspecified atom stereocenters. The number of nitrogens with one attached hydrogen (secondary N) is 3. The molecule has 0 aliphatic heterocycles. The maximum Gasteiger partial charge on any atom is 0.176 e. The van der Waals surface area contributed by atoms with Gasteiger partial charge in [-0.25, -0.2) is 0 Å². The highest BCUT2D eigenvalue weighted by Crippen LogP contribution is 2.37. The summed E-state index contributed by atoms with van der Waals surface area (Å²) in [4.78, 5) is 13.2. The molecule has 0 saturated heterocycles. The summed E-state index contributed by atoms with van der Waals surface area (Å²) in [6.07, 6.45) is 12.7. The molecule has 1 fully saturated rings. The Morgan fingerprint density at radius 2 is 1.79 bits per heavy atom. The van der Waals surface area contributed by atoms with Gasteiger partial charge in [-0.1, -0.05) is 18.9 Å². The first kappa shape index (κ1) is 23.1. The van der Waals surface area contributed by atoms with E-state index in [0.29, 0.717) is 6.04 Å². The van der Waals surface area contributed by atoms with Gasteiger partial charge in [0, 0.05) is 51.4 Å². The number of H-pyrrole nitrogens is 2. The molecule has 1 aliphatic rings. The van der Waals surface area contributed by atoms with Gasteiger partial charge in [0.05, 0.1) is 28.6 Å². The van der Waals surface area contributed by atoms with Gasteiger partial charge in [-0.2, -0.15) is 9.49 Å². The van der Waals surface area contributed by atoms with Crippen molar-refractivity contribution in [1.82, 2.24) is 25.1 Å². The molecule has 190 valence electrons. The normalized spacial score (nSPS) is 15.0. The highest BCUT2D eigenvalue weighted by molar-refractivity contribution is 7.14. The molecule has 8 heteroatoms. The summed E-state index contributed by atoms with van der Waals surface area (Å²) in [6, 6.07) is 14.3. The van der Waals surface area contributed by atoms with Crippen molar-refractivity contribution in [2.45, 2.75) is 38.6 Å². The lowest BCUT2D eigenvalue weighted by atomic mass is 9.99. The molecule has 5 aromatic heterocycles. The van der Waals surface area contributed by atoms with Crippen LogP contribution in [0.4, 0.5) is 10.1 Å². The van der Waals surface area contributed by atoms with E-state index in [4.69, 9.17) is 0 Å². The third kappa shape index (κ3) is 4.15. The van der Waals surface area contributed by atoms with Gasteiger partial charge < -0.3 is 10.3 Å². The Labute approximate surface area is 223 Å². The summed E-state index contributed by atoms with van der Waals surface area (Å²) in [5, 5.41) is 13.3. The van der Waals surface area contributed by atoms with E-state index in [0.717, 1.165) is 77.7 Å². The largest absolute Gasteiger partial charge is 0.381 e. The molecule has 1 atom stereocenters. The maximum atomic E-state index is 13.7. The molecule has 5 heterocycles. The number of hydrogen-bond acceptors (Lipinski definition) is 5. The van der Waals surface area contributed by atoms with E-state index in [9.17, 15) is 4.39 Å². The second-order valence-corrected chi connectivity index (χ2v) is 11.2. The van der Waals surface area contributed by atoms with Crippen LogP contribution in [0.5, 0.6) is 0 Å². The fourth-order valence-electron chi connectivity index (χ4n) is 5.75. The number of hydrogen-bond donors (Lipinski definition) is 3. The molecule has 0 radical (unpaired) electrons. The summed E-state index contributed by atoms with van der Waals surface area (Å²) < 4.78 is 13.7. The average molecular weight is 523 g/mol. The lowest BCUT2D eigenvalue weighted by Gasteiger charge is -2.21. The lowest BCUT2D eigenvalue weighted by Crippen LogP contribution is -2.23. The highest BCUT2D eigenvalue weighted by Gasteiger charge is 2.21. The summed E-state index contributed by atoms with van der Waals surface area (Å²) in [7, 11) is 0. The van der Waals surface area contributed by atoms with E-state index < -0.39 is 0 Å². The van der Waals surface area contributed by atoms with Gasteiger partial charge in [0.15, 0.2) is 5.13 Å². The van der Waals surface area contributed by atoms with Crippen molar-refractivity contribution in [1.29, 1.82) is 0 Å². The van der Waals surface area contributed by atoms with Crippen molar-refractivity contribution in [2.24, 2.45) is 5.92 Å². The maximum absolute atomic E-state index is 13.7. The molecule has 0 bridgehead atoms. The first-order chi connectivity index (χ1) is 18.6. The van der Waals surface area contributed by atoms with Gasteiger partial charge >= 0.3 is 0 Å². The fourth-order valence-corrected chi connectivity index (χ4v) is 6.50. The molecular weight excluding hydrogens is 495 g/mol. The van der Waals surface area contributed by atoms with Crippen LogP contribution in [-0.4, -0.2) is 31.2 Å².